The molecule has 2 atom stereocenters. The lowest BCUT2D eigenvalue weighted by molar-refractivity contribution is -0.126. The van der Waals surface area contributed by atoms with E-state index in [1.54, 1.807) is 24.3 Å². The molecule has 15 nitrogen and oxygen atoms in total. The van der Waals surface area contributed by atoms with E-state index in [1.807, 2.05) is 22.9 Å². The number of nitrogens with one attached hydrogen (secondary N) is 3. The number of anilines is 3. The van der Waals surface area contributed by atoms with Gasteiger partial charge in [0.15, 0.2) is 5.82 Å². The number of halogens is 3. The Balaban J connectivity index is 0.738. The SMILES string of the molecule is C=C1CCC(N2Cc3cc(N4CCN(CC5CCN(c6ccc(-c7cnc8[nH]cc(C(=O)c9c(F)ccc(NS(=O)(=O)N%10CC[C@@H](F)C%10)c9F)c8c7)cc6)CC5)CC4)cc(OC)c3C2=O)C(=O)N1. The highest BCUT2D eigenvalue weighted by Gasteiger charge is 2.41. The molecular formula is C49H52F3N9O6S. The number of aromatic nitrogens is 2. The first-order valence-corrected chi connectivity index (χ1v) is 24.4. The first-order chi connectivity index (χ1) is 32.7. The summed E-state index contributed by atoms with van der Waals surface area (Å²) in [6.45, 7) is 10.2. The van der Waals surface area contributed by atoms with Crippen LogP contribution >= 0.6 is 0 Å². The minimum atomic E-state index is -4.36. The molecule has 5 aromatic rings. The maximum Gasteiger partial charge on any atom is 0.301 e. The van der Waals surface area contributed by atoms with Crippen LogP contribution in [0.3, 0.4) is 0 Å². The third-order valence-corrected chi connectivity index (χ3v) is 15.6. The molecule has 68 heavy (non-hydrogen) atoms. The van der Waals surface area contributed by atoms with Gasteiger partial charge in [0, 0.05) is 117 Å². The molecule has 1 unspecified atom stereocenters. The number of methoxy groups -OCH3 is 1. The first kappa shape index (κ1) is 45.3. The average Bonchev–Trinajstić information content (AvgIpc) is 4.07. The monoisotopic (exact) mass is 951 g/mol. The lowest BCUT2D eigenvalue weighted by Crippen LogP contribution is -2.49. The zero-order valence-electron chi connectivity index (χ0n) is 37.6. The Morgan fingerprint density at radius 2 is 1.66 bits per heavy atom. The maximum absolute atomic E-state index is 15.8. The van der Waals surface area contributed by atoms with Crippen molar-refractivity contribution in [2.75, 3.05) is 80.5 Å². The number of benzene rings is 3. The number of H-pyrrole nitrogens is 1. The van der Waals surface area contributed by atoms with Gasteiger partial charge >= 0.3 is 10.2 Å². The van der Waals surface area contributed by atoms with Crippen LogP contribution < -0.4 is 24.6 Å². The molecule has 2 amide bonds. The Morgan fingerprint density at radius 3 is 2.37 bits per heavy atom. The Kier molecular flexibility index (Phi) is 12.2. The third-order valence-electron chi connectivity index (χ3n) is 14.1. The molecule has 4 saturated heterocycles. The van der Waals surface area contributed by atoms with Gasteiger partial charge in [0.05, 0.1) is 23.9 Å². The summed E-state index contributed by atoms with van der Waals surface area (Å²) in [4.78, 5) is 56.4. The van der Waals surface area contributed by atoms with Crippen LogP contribution in [-0.2, 0) is 21.5 Å². The van der Waals surface area contributed by atoms with E-state index < -0.39 is 51.1 Å². The largest absolute Gasteiger partial charge is 0.496 e. The van der Waals surface area contributed by atoms with Crippen molar-refractivity contribution < 1.29 is 40.7 Å². The van der Waals surface area contributed by atoms with Gasteiger partial charge in [0.25, 0.3) is 5.91 Å². The summed E-state index contributed by atoms with van der Waals surface area (Å²) >= 11 is 0. The Bertz CT molecular complexity index is 2930. The van der Waals surface area contributed by atoms with E-state index in [2.05, 4.69) is 54.8 Å². The summed E-state index contributed by atoms with van der Waals surface area (Å²) in [6.07, 6.45) is 4.93. The third kappa shape index (κ3) is 8.66. The molecule has 19 heteroatoms. The van der Waals surface area contributed by atoms with E-state index in [4.69, 9.17) is 4.74 Å². The second-order valence-electron chi connectivity index (χ2n) is 18.3. The van der Waals surface area contributed by atoms with Gasteiger partial charge in [-0.05, 0) is 85.5 Å². The van der Waals surface area contributed by atoms with Crippen molar-refractivity contribution >= 4 is 55.9 Å². The molecule has 2 aromatic heterocycles. The number of amides is 2. The van der Waals surface area contributed by atoms with Gasteiger partial charge in [0.1, 0.15) is 29.4 Å². The normalized spacial score (nSPS) is 20.9. The molecule has 4 fully saturated rings. The van der Waals surface area contributed by atoms with Crippen LogP contribution in [-0.4, -0.2) is 128 Å². The van der Waals surface area contributed by atoms with Crippen LogP contribution in [0.2, 0.25) is 0 Å². The van der Waals surface area contributed by atoms with Gasteiger partial charge in [-0.15, -0.1) is 0 Å². The summed E-state index contributed by atoms with van der Waals surface area (Å²) in [5.74, 6) is -2.81. The predicted molar refractivity (Wildman–Crippen MR) is 252 cm³/mol. The molecular weight excluding hydrogens is 900 g/mol. The van der Waals surface area contributed by atoms with Crippen molar-refractivity contribution in [1.29, 1.82) is 0 Å². The number of ether oxygens (including phenoxy) is 1. The fraction of sp³-hybridized carbons (Fsp3) is 0.388. The lowest BCUT2D eigenvalue weighted by atomic mass is 9.95. The van der Waals surface area contributed by atoms with Crippen molar-refractivity contribution in [1.82, 2.24) is 29.4 Å². The highest BCUT2D eigenvalue weighted by atomic mass is 32.2. The van der Waals surface area contributed by atoms with Gasteiger partial charge < -0.3 is 29.7 Å². The van der Waals surface area contributed by atoms with Crippen LogP contribution in [0.4, 0.5) is 30.2 Å². The molecule has 10 rings (SSSR count). The number of hydrogen-bond acceptors (Lipinski definition) is 10. The van der Waals surface area contributed by atoms with E-state index in [-0.39, 0.29) is 36.9 Å². The van der Waals surface area contributed by atoms with Crippen LogP contribution in [0.1, 0.15) is 63.9 Å². The minimum Gasteiger partial charge on any atom is -0.496 e. The second kappa shape index (κ2) is 18.2. The average molecular weight is 952 g/mol. The highest BCUT2D eigenvalue weighted by molar-refractivity contribution is 7.90. The number of nitrogens with zero attached hydrogens (tertiary/aromatic N) is 6. The van der Waals surface area contributed by atoms with Crippen molar-refractivity contribution in [2.45, 2.75) is 50.9 Å². The van der Waals surface area contributed by atoms with Crippen molar-refractivity contribution in [3.63, 3.8) is 0 Å². The van der Waals surface area contributed by atoms with Crippen LogP contribution in [0.15, 0.2) is 79.3 Å². The van der Waals surface area contributed by atoms with Crippen LogP contribution in [0, 0.1) is 17.6 Å². The highest BCUT2D eigenvalue weighted by Crippen LogP contribution is 2.38. The van der Waals surface area contributed by atoms with E-state index in [0.717, 1.165) is 97.6 Å². The zero-order chi connectivity index (χ0) is 47.4. The lowest BCUT2D eigenvalue weighted by Gasteiger charge is -2.40. The van der Waals surface area contributed by atoms with Crippen molar-refractivity contribution in [2.24, 2.45) is 5.92 Å². The molecule has 356 valence electrons. The summed E-state index contributed by atoms with van der Waals surface area (Å²) in [5.41, 5.74) is 4.45. The number of piperidine rings is 2. The fourth-order valence-electron chi connectivity index (χ4n) is 10.3. The number of allylic oxidation sites excluding steroid dienone is 1. The Hall–Kier alpha value is -6.44. The number of hydrogen-bond donors (Lipinski definition) is 3. The minimum absolute atomic E-state index is 0.00443. The maximum atomic E-state index is 15.8. The molecule has 5 aliphatic heterocycles. The van der Waals surface area contributed by atoms with Gasteiger partial charge in [-0.1, -0.05) is 18.7 Å². The quantitative estimate of drug-likeness (QED) is 0.122. The molecule has 0 saturated carbocycles. The van der Waals surface area contributed by atoms with Gasteiger partial charge in [-0.2, -0.15) is 12.7 Å². The van der Waals surface area contributed by atoms with Gasteiger partial charge in [-0.25, -0.2) is 18.2 Å². The molecule has 0 radical (unpaired) electrons. The number of fused-ring (bicyclic) bond motifs is 2. The van der Waals surface area contributed by atoms with Crippen molar-refractivity contribution in [3.05, 3.63) is 113 Å². The molecule has 5 aliphatic rings. The zero-order valence-corrected chi connectivity index (χ0v) is 38.4. The van der Waals surface area contributed by atoms with Gasteiger partial charge in [-0.3, -0.25) is 24.0 Å². The van der Waals surface area contributed by atoms with Crippen LogP contribution in [0.5, 0.6) is 5.75 Å². The summed E-state index contributed by atoms with van der Waals surface area (Å²) < 4.78 is 78.9. The molecule has 3 aromatic carbocycles. The number of ketones is 1. The van der Waals surface area contributed by atoms with E-state index in [0.29, 0.717) is 58.9 Å². The fourth-order valence-corrected chi connectivity index (χ4v) is 11.6. The van der Waals surface area contributed by atoms with E-state index >= 15 is 8.78 Å². The van der Waals surface area contributed by atoms with Crippen molar-refractivity contribution in [3.8, 4) is 16.9 Å². The number of carbonyl (C=O) groups is 3. The number of pyridine rings is 1. The van der Waals surface area contributed by atoms with E-state index in [9.17, 15) is 27.2 Å². The second-order valence-corrected chi connectivity index (χ2v) is 20.0. The Labute approximate surface area is 392 Å². The van der Waals surface area contributed by atoms with Gasteiger partial charge in [0.2, 0.25) is 11.7 Å². The number of aromatic amines is 1. The molecule has 3 N–H and O–H groups in total. The first-order valence-electron chi connectivity index (χ1n) is 23.0. The standard InChI is InChI=1S/C49H52F3N9O6S/c1-29-3-10-41(48(63)55-29)61-27-33-21-36(23-42(67-2)43(33)49(61)64)59-19-17-57(18-20-59)26-30-11-14-58(15-12-30)35-6-4-31(5-7-35)32-22-37-38(25-54-47(37)53-24-32)46(62)44-39(51)8-9-40(45(44)52)56-68(65,66)60-16-13-34(50)28-60/h4-9,21-25,30,34,41,56H,1,3,10-20,26-28H2,2H3,(H,53,54)(H,55,63)/t34-,41?/m1/s1. The van der Waals surface area contributed by atoms with Crippen LogP contribution in [0.25, 0.3) is 22.2 Å². The summed E-state index contributed by atoms with van der Waals surface area (Å²) in [7, 11) is -2.77. The molecule has 7 heterocycles. The number of piperazine rings is 1. The summed E-state index contributed by atoms with van der Waals surface area (Å²) in [5, 5.41) is 3.14. The molecule has 0 bridgehead atoms. The summed E-state index contributed by atoms with van der Waals surface area (Å²) in [6, 6.07) is 15.0. The number of alkyl halides is 1. The number of carbonyl (C=O) groups excluding carboxylic acids is 3. The molecule has 0 spiro atoms. The Morgan fingerprint density at radius 1 is 0.912 bits per heavy atom. The molecule has 0 aliphatic carbocycles. The smallest absolute Gasteiger partial charge is 0.301 e. The number of rotatable bonds is 12. The van der Waals surface area contributed by atoms with E-state index in [1.165, 1.54) is 6.20 Å². The predicted octanol–water partition coefficient (Wildman–Crippen LogP) is 6.23. The topological polar surface area (TPSA) is 164 Å².